The van der Waals surface area contributed by atoms with E-state index in [0.29, 0.717) is 25.6 Å². The number of fused-ring (bicyclic) bond motifs is 1. The van der Waals surface area contributed by atoms with Crippen LogP contribution in [0.5, 0.6) is 0 Å². The fourth-order valence-electron chi connectivity index (χ4n) is 3.60. The van der Waals surface area contributed by atoms with Crippen LogP contribution in [0.1, 0.15) is 62.5 Å². The van der Waals surface area contributed by atoms with E-state index in [4.69, 9.17) is 10.5 Å². The largest absolute Gasteiger partial charge is 0.444 e. The fraction of sp³-hybridized carbons (Fsp3) is 0.600. The summed E-state index contributed by atoms with van der Waals surface area (Å²) < 4.78 is 7.38. The molecule has 2 fully saturated rings. The van der Waals surface area contributed by atoms with Crippen molar-refractivity contribution in [3.63, 3.8) is 0 Å². The van der Waals surface area contributed by atoms with Gasteiger partial charge in [0.2, 0.25) is 0 Å². The molecule has 1 atom stereocenters. The van der Waals surface area contributed by atoms with Crippen molar-refractivity contribution in [3.8, 4) is 0 Å². The Balaban J connectivity index is 1.54. The van der Waals surface area contributed by atoms with Gasteiger partial charge in [0.25, 0.3) is 0 Å². The Morgan fingerprint density at radius 1 is 1.37 bits per heavy atom. The highest BCUT2D eigenvalue weighted by Gasteiger charge is 2.39. The first kappa shape index (κ1) is 18.3. The van der Waals surface area contributed by atoms with Crippen molar-refractivity contribution in [2.75, 3.05) is 13.1 Å². The van der Waals surface area contributed by atoms with Crippen LogP contribution in [0.4, 0.5) is 4.79 Å². The fourth-order valence-corrected chi connectivity index (χ4v) is 3.60. The van der Waals surface area contributed by atoms with Crippen molar-refractivity contribution in [1.29, 1.82) is 0 Å². The number of amides is 1. The van der Waals surface area contributed by atoms with Gasteiger partial charge < -0.3 is 24.9 Å². The van der Waals surface area contributed by atoms with Crippen molar-refractivity contribution in [1.82, 2.24) is 14.3 Å². The average molecular weight is 372 g/mol. The first-order valence-corrected chi connectivity index (χ1v) is 9.62. The SMILES string of the molecule is CC(C)(C)OC(=O)N1CC(C(O)c2cc(C3CC3)cn3cc(CN)nc23)C1. The topological polar surface area (TPSA) is 93.1 Å². The molecule has 4 rings (SSSR count). The predicted molar refractivity (Wildman–Crippen MR) is 101 cm³/mol. The number of rotatable bonds is 4. The van der Waals surface area contributed by atoms with Crippen LogP contribution in [-0.2, 0) is 11.3 Å². The van der Waals surface area contributed by atoms with Crippen LogP contribution in [0.15, 0.2) is 18.5 Å². The number of carbonyl (C=O) groups excluding carboxylic acids is 1. The summed E-state index contributed by atoms with van der Waals surface area (Å²) in [4.78, 5) is 18.4. The third kappa shape index (κ3) is 3.66. The number of imidazole rings is 1. The first-order valence-electron chi connectivity index (χ1n) is 9.62. The number of nitrogens with zero attached hydrogens (tertiary/aromatic N) is 3. The molecule has 0 aromatic carbocycles. The lowest BCUT2D eigenvalue weighted by Crippen LogP contribution is -2.53. The minimum Gasteiger partial charge on any atom is -0.444 e. The summed E-state index contributed by atoms with van der Waals surface area (Å²) in [6.07, 6.45) is 5.42. The van der Waals surface area contributed by atoms with Crippen molar-refractivity contribution < 1.29 is 14.6 Å². The van der Waals surface area contributed by atoms with Gasteiger partial charge in [-0.15, -0.1) is 0 Å². The number of likely N-dealkylation sites (tertiary alicyclic amines) is 1. The highest BCUT2D eigenvalue weighted by atomic mass is 16.6. The molecule has 2 aromatic rings. The van der Waals surface area contributed by atoms with E-state index in [2.05, 4.69) is 17.2 Å². The van der Waals surface area contributed by atoms with Crippen LogP contribution in [-0.4, -0.2) is 44.2 Å². The van der Waals surface area contributed by atoms with E-state index in [-0.39, 0.29) is 12.0 Å². The zero-order valence-electron chi connectivity index (χ0n) is 16.2. The number of hydrogen-bond donors (Lipinski definition) is 2. The maximum absolute atomic E-state index is 12.1. The summed E-state index contributed by atoms with van der Waals surface area (Å²) in [5.74, 6) is 0.553. The van der Waals surface area contributed by atoms with Gasteiger partial charge in [-0.05, 0) is 51.2 Å². The lowest BCUT2D eigenvalue weighted by Gasteiger charge is -2.42. The number of aliphatic hydroxyl groups is 1. The molecule has 1 amide bonds. The van der Waals surface area contributed by atoms with E-state index in [0.717, 1.165) is 16.9 Å². The number of aliphatic hydroxyl groups excluding tert-OH is 1. The molecular weight excluding hydrogens is 344 g/mol. The van der Waals surface area contributed by atoms with Gasteiger partial charge in [0, 0.05) is 43.5 Å². The third-order valence-corrected chi connectivity index (χ3v) is 5.24. The van der Waals surface area contributed by atoms with E-state index in [1.54, 1.807) is 4.90 Å². The molecule has 0 spiro atoms. The number of hydrogen-bond acceptors (Lipinski definition) is 5. The van der Waals surface area contributed by atoms with Gasteiger partial charge in [-0.3, -0.25) is 0 Å². The highest BCUT2D eigenvalue weighted by molar-refractivity contribution is 5.69. The summed E-state index contributed by atoms with van der Waals surface area (Å²) in [7, 11) is 0. The Morgan fingerprint density at radius 2 is 2.07 bits per heavy atom. The molecule has 3 N–H and O–H groups in total. The smallest absolute Gasteiger partial charge is 0.410 e. The first-order chi connectivity index (χ1) is 12.7. The van der Waals surface area contributed by atoms with Crippen LogP contribution in [0.3, 0.4) is 0 Å². The number of ether oxygens (including phenoxy) is 1. The van der Waals surface area contributed by atoms with Crippen LogP contribution >= 0.6 is 0 Å². The van der Waals surface area contributed by atoms with E-state index < -0.39 is 11.7 Å². The average Bonchev–Trinajstić information content (AvgIpc) is 3.29. The molecule has 1 unspecified atom stereocenters. The summed E-state index contributed by atoms with van der Waals surface area (Å²) in [5, 5.41) is 11.0. The molecule has 1 saturated heterocycles. The number of pyridine rings is 1. The third-order valence-electron chi connectivity index (χ3n) is 5.24. The van der Waals surface area contributed by atoms with Crippen LogP contribution < -0.4 is 5.73 Å². The van der Waals surface area contributed by atoms with Crippen molar-refractivity contribution in [3.05, 3.63) is 35.3 Å². The Bertz CT molecular complexity index is 860. The quantitative estimate of drug-likeness (QED) is 0.860. The van der Waals surface area contributed by atoms with Gasteiger partial charge in [-0.2, -0.15) is 0 Å². The van der Waals surface area contributed by atoms with Gasteiger partial charge in [-0.1, -0.05) is 0 Å². The van der Waals surface area contributed by atoms with Crippen LogP contribution in [0.2, 0.25) is 0 Å². The number of nitrogens with two attached hydrogens (primary N) is 1. The van der Waals surface area contributed by atoms with Gasteiger partial charge >= 0.3 is 6.09 Å². The van der Waals surface area contributed by atoms with Crippen molar-refractivity contribution in [2.24, 2.45) is 11.7 Å². The molecule has 27 heavy (non-hydrogen) atoms. The zero-order valence-corrected chi connectivity index (χ0v) is 16.2. The second-order valence-corrected chi connectivity index (χ2v) is 8.76. The molecule has 7 nitrogen and oxygen atoms in total. The van der Waals surface area contributed by atoms with Gasteiger partial charge in [-0.25, -0.2) is 9.78 Å². The maximum atomic E-state index is 12.1. The lowest BCUT2D eigenvalue weighted by molar-refractivity contribution is -0.0312. The molecule has 1 aliphatic heterocycles. The van der Waals surface area contributed by atoms with E-state index in [9.17, 15) is 9.90 Å². The molecule has 1 aliphatic carbocycles. The standard InChI is InChI=1S/C20H28N4O3/c1-20(2,3)27-19(26)24-9-14(10-24)17(25)16-6-13(12-4-5-12)8-23-11-15(7-21)22-18(16)23/h6,8,11-12,14,17,25H,4-5,7,9-10,21H2,1-3H3. The summed E-state index contributed by atoms with van der Waals surface area (Å²) >= 11 is 0. The zero-order chi connectivity index (χ0) is 19.3. The van der Waals surface area contributed by atoms with E-state index >= 15 is 0 Å². The Labute approximate surface area is 159 Å². The molecule has 1 saturated carbocycles. The van der Waals surface area contributed by atoms with E-state index in [1.165, 1.54) is 18.4 Å². The Kier molecular flexibility index (Phi) is 4.39. The molecular formula is C20H28N4O3. The highest BCUT2D eigenvalue weighted by Crippen LogP contribution is 2.42. The van der Waals surface area contributed by atoms with Gasteiger partial charge in [0.05, 0.1) is 11.8 Å². The van der Waals surface area contributed by atoms with Crippen LogP contribution in [0, 0.1) is 5.92 Å². The molecule has 0 radical (unpaired) electrons. The minimum absolute atomic E-state index is 0.0196. The van der Waals surface area contributed by atoms with Crippen LogP contribution in [0.25, 0.3) is 5.65 Å². The lowest BCUT2D eigenvalue weighted by atomic mass is 9.89. The molecule has 146 valence electrons. The van der Waals surface area contributed by atoms with E-state index in [1.807, 2.05) is 31.4 Å². The Hall–Kier alpha value is -2.12. The van der Waals surface area contributed by atoms with Gasteiger partial charge in [0.15, 0.2) is 0 Å². The Morgan fingerprint density at radius 3 is 2.67 bits per heavy atom. The van der Waals surface area contributed by atoms with Crippen molar-refractivity contribution >= 4 is 11.7 Å². The van der Waals surface area contributed by atoms with Crippen molar-refractivity contribution in [2.45, 2.75) is 57.8 Å². The molecule has 2 aromatic heterocycles. The summed E-state index contributed by atoms with van der Waals surface area (Å²) in [6, 6.07) is 2.08. The second-order valence-electron chi connectivity index (χ2n) is 8.76. The summed E-state index contributed by atoms with van der Waals surface area (Å²) in [6.45, 7) is 6.89. The predicted octanol–water partition coefficient (Wildman–Crippen LogP) is 2.57. The van der Waals surface area contributed by atoms with Gasteiger partial charge in [0.1, 0.15) is 11.2 Å². The molecule has 2 aliphatic rings. The second kappa shape index (κ2) is 6.49. The monoisotopic (exact) mass is 372 g/mol. The number of aromatic nitrogens is 2. The summed E-state index contributed by atoms with van der Waals surface area (Å²) in [5.41, 5.74) is 8.86. The minimum atomic E-state index is -0.669. The molecule has 7 heteroatoms. The number of carbonyl (C=O) groups is 1. The maximum Gasteiger partial charge on any atom is 0.410 e. The molecule has 0 bridgehead atoms. The molecule has 3 heterocycles. The normalized spacial score (nSPS) is 19.2.